The van der Waals surface area contributed by atoms with Gasteiger partial charge in [0.1, 0.15) is 0 Å². The minimum atomic E-state index is 0.0636. The average molecular weight is 157 g/mol. The summed E-state index contributed by atoms with van der Waals surface area (Å²) in [6, 6.07) is 0. The molecule has 0 aliphatic carbocycles. The zero-order valence-electron chi connectivity index (χ0n) is 6.39. The third-order valence-electron chi connectivity index (χ3n) is 1.49. The van der Waals surface area contributed by atoms with Crippen molar-refractivity contribution in [3.05, 3.63) is 20.8 Å². The van der Waals surface area contributed by atoms with Crippen molar-refractivity contribution >= 4 is 11.5 Å². The highest BCUT2D eigenvalue weighted by atomic mass is 32.1. The molecule has 2 nitrogen and oxygen atoms in total. The van der Waals surface area contributed by atoms with Crippen molar-refractivity contribution in [3.8, 4) is 0 Å². The fraction of sp³-hybridized carbons (Fsp3) is 0.571. The molecule has 0 spiro atoms. The van der Waals surface area contributed by atoms with Gasteiger partial charge in [-0.15, -0.1) is 0 Å². The van der Waals surface area contributed by atoms with Crippen LogP contribution in [-0.2, 0) is 0 Å². The van der Waals surface area contributed by atoms with Gasteiger partial charge in [-0.3, -0.25) is 9.17 Å². The molecular formula is C7H11NOS. The highest BCUT2D eigenvalue weighted by Crippen LogP contribution is 2.19. The summed E-state index contributed by atoms with van der Waals surface area (Å²) >= 11 is 1.45. The molecule has 10 heavy (non-hydrogen) atoms. The maximum Gasteiger partial charge on any atom is 0.261 e. The van der Waals surface area contributed by atoms with Crippen molar-refractivity contribution in [1.82, 2.24) is 4.37 Å². The van der Waals surface area contributed by atoms with Crippen molar-refractivity contribution < 1.29 is 0 Å². The molecule has 0 aliphatic rings. The first-order chi connectivity index (χ1) is 4.63. The van der Waals surface area contributed by atoms with Gasteiger partial charge in [0.15, 0.2) is 0 Å². The first-order valence-corrected chi connectivity index (χ1v) is 4.12. The Balaban J connectivity index is 3.18. The number of nitrogens with one attached hydrogen (secondary N) is 1. The summed E-state index contributed by atoms with van der Waals surface area (Å²) < 4.78 is 2.70. The quantitative estimate of drug-likeness (QED) is 0.663. The minimum absolute atomic E-state index is 0.0636. The summed E-state index contributed by atoms with van der Waals surface area (Å²) in [5, 5.41) is 0. The lowest BCUT2D eigenvalue weighted by molar-refractivity contribution is 0.879. The van der Waals surface area contributed by atoms with Gasteiger partial charge in [0.2, 0.25) is 0 Å². The van der Waals surface area contributed by atoms with Gasteiger partial charge in [-0.1, -0.05) is 25.4 Å². The van der Waals surface area contributed by atoms with E-state index in [4.69, 9.17) is 0 Å². The van der Waals surface area contributed by atoms with Gasteiger partial charge in [0.25, 0.3) is 5.56 Å². The fourth-order valence-corrected chi connectivity index (χ4v) is 1.75. The van der Waals surface area contributed by atoms with Crippen molar-refractivity contribution in [1.29, 1.82) is 0 Å². The van der Waals surface area contributed by atoms with Crippen molar-refractivity contribution in [2.75, 3.05) is 0 Å². The van der Waals surface area contributed by atoms with E-state index in [-0.39, 0.29) is 5.56 Å². The van der Waals surface area contributed by atoms with Crippen LogP contribution in [0.1, 0.15) is 30.2 Å². The summed E-state index contributed by atoms with van der Waals surface area (Å²) in [5.41, 5.74) is 0.939. The van der Waals surface area contributed by atoms with E-state index in [0.29, 0.717) is 5.92 Å². The van der Waals surface area contributed by atoms with Gasteiger partial charge in [0.05, 0.1) is 0 Å². The zero-order chi connectivity index (χ0) is 7.72. The Labute approximate surface area is 64.1 Å². The van der Waals surface area contributed by atoms with E-state index >= 15 is 0 Å². The number of aromatic amines is 1. The molecule has 0 aromatic carbocycles. The molecule has 0 radical (unpaired) electrons. The van der Waals surface area contributed by atoms with Gasteiger partial charge >= 0.3 is 0 Å². The van der Waals surface area contributed by atoms with Gasteiger partial charge in [0, 0.05) is 10.4 Å². The molecule has 0 saturated carbocycles. The van der Waals surface area contributed by atoms with E-state index < -0.39 is 0 Å². The van der Waals surface area contributed by atoms with Crippen LogP contribution in [0, 0.1) is 6.92 Å². The maximum atomic E-state index is 10.9. The van der Waals surface area contributed by atoms with Crippen LogP contribution in [0.25, 0.3) is 0 Å². The van der Waals surface area contributed by atoms with Gasteiger partial charge in [-0.2, -0.15) is 0 Å². The monoisotopic (exact) mass is 157 g/mol. The molecule has 56 valence electrons. The number of H-pyrrole nitrogens is 1. The predicted octanol–water partition coefficient (Wildman–Crippen LogP) is 1.87. The Bertz CT molecular complexity index is 271. The summed E-state index contributed by atoms with van der Waals surface area (Å²) in [4.78, 5) is 12.1. The van der Waals surface area contributed by atoms with Crippen molar-refractivity contribution in [2.24, 2.45) is 0 Å². The standard InChI is InChI=1S/C7H11NOS/c1-4(2)6-5(3)7(9)8-10-6/h4H,1-3H3,(H,8,9). The number of hydrogen-bond acceptors (Lipinski definition) is 2. The minimum Gasteiger partial charge on any atom is -0.277 e. The Hall–Kier alpha value is -0.570. The second-order valence-corrected chi connectivity index (χ2v) is 3.53. The van der Waals surface area contributed by atoms with Crippen molar-refractivity contribution in [2.45, 2.75) is 26.7 Å². The Morgan fingerprint density at radius 3 is 2.30 bits per heavy atom. The molecule has 0 unspecified atom stereocenters. The molecule has 1 N–H and O–H groups in total. The highest BCUT2D eigenvalue weighted by molar-refractivity contribution is 7.05. The first-order valence-electron chi connectivity index (χ1n) is 3.31. The SMILES string of the molecule is Cc1c(C(C)C)s[nH]c1=O. The predicted molar refractivity (Wildman–Crippen MR) is 43.8 cm³/mol. The molecule has 0 atom stereocenters. The van der Waals surface area contributed by atoms with Crippen LogP contribution >= 0.6 is 11.5 Å². The molecule has 1 aromatic rings. The lowest BCUT2D eigenvalue weighted by Crippen LogP contribution is -2.01. The largest absolute Gasteiger partial charge is 0.277 e. The van der Waals surface area contributed by atoms with Gasteiger partial charge < -0.3 is 0 Å². The highest BCUT2D eigenvalue weighted by Gasteiger charge is 2.07. The van der Waals surface area contributed by atoms with Crippen LogP contribution in [0.2, 0.25) is 0 Å². The molecule has 3 heteroatoms. The second kappa shape index (κ2) is 2.58. The molecular weight excluding hydrogens is 146 g/mol. The molecule has 0 fully saturated rings. The Morgan fingerprint density at radius 1 is 1.50 bits per heavy atom. The van der Waals surface area contributed by atoms with E-state index in [1.165, 1.54) is 16.4 Å². The zero-order valence-corrected chi connectivity index (χ0v) is 7.21. The van der Waals surface area contributed by atoms with Crippen LogP contribution in [0.5, 0.6) is 0 Å². The van der Waals surface area contributed by atoms with Crippen LogP contribution in [-0.4, -0.2) is 4.37 Å². The van der Waals surface area contributed by atoms with E-state index in [1.54, 1.807) is 0 Å². The van der Waals surface area contributed by atoms with E-state index in [9.17, 15) is 4.79 Å². The molecule has 1 rings (SSSR count). The summed E-state index contributed by atoms with van der Waals surface area (Å²) in [5.74, 6) is 0.462. The van der Waals surface area contributed by atoms with Gasteiger partial charge in [-0.05, 0) is 12.8 Å². The lowest BCUT2D eigenvalue weighted by Gasteiger charge is -1.98. The molecule has 0 saturated heterocycles. The number of hydrogen-bond donors (Lipinski definition) is 1. The molecule has 0 bridgehead atoms. The number of aromatic nitrogens is 1. The summed E-state index contributed by atoms with van der Waals surface area (Å²) in [6.45, 7) is 6.04. The Kier molecular flexibility index (Phi) is 1.94. The summed E-state index contributed by atoms with van der Waals surface area (Å²) in [6.07, 6.45) is 0. The molecule has 0 aliphatic heterocycles. The van der Waals surface area contributed by atoms with Crippen LogP contribution in [0.15, 0.2) is 4.79 Å². The maximum absolute atomic E-state index is 10.9. The third kappa shape index (κ3) is 1.14. The van der Waals surface area contributed by atoms with Crippen LogP contribution in [0.3, 0.4) is 0 Å². The van der Waals surface area contributed by atoms with Crippen LogP contribution in [0.4, 0.5) is 0 Å². The average Bonchev–Trinajstić information content (AvgIpc) is 2.14. The fourth-order valence-electron chi connectivity index (χ4n) is 0.917. The normalized spacial score (nSPS) is 10.8. The smallest absolute Gasteiger partial charge is 0.261 e. The van der Waals surface area contributed by atoms with Gasteiger partial charge in [-0.25, -0.2) is 0 Å². The van der Waals surface area contributed by atoms with Crippen LogP contribution < -0.4 is 5.56 Å². The van der Waals surface area contributed by atoms with E-state index in [2.05, 4.69) is 18.2 Å². The molecule has 1 heterocycles. The topological polar surface area (TPSA) is 32.9 Å². The lowest BCUT2D eigenvalue weighted by atomic mass is 10.1. The molecule has 1 aromatic heterocycles. The number of rotatable bonds is 1. The first kappa shape index (κ1) is 7.54. The van der Waals surface area contributed by atoms with E-state index in [0.717, 1.165) is 5.56 Å². The van der Waals surface area contributed by atoms with Crippen molar-refractivity contribution in [3.63, 3.8) is 0 Å². The third-order valence-corrected chi connectivity index (χ3v) is 2.77. The summed E-state index contributed by atoms with van der Waals surface area (Å²) in [7, 11) is 0. The Morgan fingerprint density at radius 2 is 2.10 bits per heavy atom. The van der Waals surface area contributed by atoms with E-state index in [1.807, 2.05) is 6.92 Å². The second-order valence-electron chi connectivity index (χ2n) is 2.68. The molecule has 0 amide bonds.